The zero-order valence-electron chi connectivity index (χ0n) is 10.5. The van der Waals surface area contributed by atoms with Crippen LogP contribution in [0.1, 0.15) is 32.2 Å². The molecule has 4 nitrogen and oxygen atoms in total. The largest absolute Gasteiger partial charge is 0.363 e. The van der Waals surface area contributed by atoms with E-state index < -0.39 is 0 Å². The third-order valence-electron chi connectivity index (χ3n) is 2.62. The maximum Gasteiger partial charge on any atom is 0.126 e. The fourth-order valence-electron chi connectivity index (χ4n) is 1.51. The Morgan fingerprint density at radius 2 is 2.06 bits per heavy atom. The molecular weight excluding hydrogens is 212 g/mol. The molecule has 0 saturated heterocycles. The van der Waals surface area contributed by atoms with Gasteiger partial charge in [-0.25, -0.2) is 9.97 Å². The number of anilines is 1. The van der Waals surface area contributed by atoms with Gasteiger partial charge in [0.05, 0.1) is 6.54 Å². The van der Waals surface area contributed by atoms with Crippen LogP contribution < -0.4 is 5.32 Å². The van der Waals surface area contributed by atoms with Crippen LogP contribution in [0, 0.1) is 0 Å². The molecule has 0 atom stereocenters. The van der Waals surface area contributed by atoms with Gasteiger partial charge in [-0.2, -0.15) is 0 Å². The van der Waals surface area contributed by atoms with E-state index in [0.717, 1.165) is 11.6 Å². The van der Waals surface area contributed by atoms with E-state index in [1.165, 1.54) is 5.56 Å². The van der Waals surface area contributed by atoms with Gasteiger partial charge in [-0.05, 0) is 17.0 Å². The van der Waals surface area contributed by atoms with Crippen molar-refractivity contribution >= 4 is 5.82 Å². The summed E-state index contributed by atoms with van der Waals surface area (Å²) in [6.45, 7) is 7.20. The molecule has 0 amide bonds. The van der Waals surface area contributed by atoms with Gasteiger partial charge < -0.3 is 10.3 Å². The SMILES string of the molecule is CC(C)(C)c1ccc(NCc2ncc[nH]2)nc1. The van der Waals surface area contributed by atoms with Crippen LogP contribution in [-0.4, -0.2) is 15.0 Å². The standard InChI is InChI=1S/C13H18N4/c1-13(2,3)10-4-5-11(16-8-10)17-9-12-14-6-7-15-12/h4-8H,9H2,1-3H3,(H,14,15)(H,16,17). The Bertz CT molecular complexity index is 451. The van der Waals surface area contributed by atoms with Crippen LogP contribution in [-0.2, 0) is 12.0 Å². The first-order valence-electron chi connectivity index (χ1n) is 5.74. The highest BCUT2D eigenvalue weighted by Crippen LogP contribution is 2.21. The van der Waals surface area contributed by atoms with Gasteiger partial charge >= 0.3 is 0 Å². The Kier molecular flexibility index (Phi) is 3.13. The van der Waals surface area contributed by atoms with Gasteiger partial charge in [0.2, 0.25) is 0 Å². The van der Waals surface area contributed by atoms with Crippen molar-refractivity contribution in [1.82, 2.24) is 15.0 Å². The number of aromatic nitrogens is 3. The number of pyridine rings is 1. The number of rotatable bonds is 3. The normalized spacial score (nSPS) is 11.5. The number of nitrogens with one attached hydrogen (secondary N) is 2. The van der Waals surface area contributed by atoms with Crippen LogP contribution >= 0.6 is 0 Å². The van der Waals surface area contributed by atoms with Crippen LogP contribution in [0.2, 0.25) is 0 Å². The zero-order chi connectivity index (χ0) is 12.3. The average molecular weight is 230 g/mol. The Morgan fingerprint density at radius 3 is 2.59 bits per heavy atom. The predicted molar refractivity (Wildman–Crippen MR) is 68.9 cm³/mol. The first kappa shape index (κ1) is 11.6. The molecule has 0 aliphatic heterocycles. The monoisotopic (exact) mass is 230 g/mol. The summed E-state index contributed by atoms with van der Waals surface area (Å²) in [4.78, 5) is 11.6. The second-order valence-electron chi connectivity index (χ2n) is 5.07. The van der Waals surface area contributed by atoms with Crippen LogP contribution in [0.15, 0.2) is 30.7 Å². The first-order valence-corrected chi connectivity index (χ1v) is 5.74. The Balaban J connectivity index is 1.99. The second kappa shape index (κ2) is 4.57. The highest BCUT2D eigenvalue weighted by Gasteiger charge is 2.13. The van der Waals surface area contributed by atoms with Gasteiger partial charge in [0.25, 0.3) is 0 Å². The van der Waals surface area contributed by atoms with E-state index >= 15 is 0 Å². The van der Waals surface area contributed by atoms with E-state index in [2.05, 4.69) is 47.1 Å². The molecule has 0 saturated carbocycles. The number of hydrogen-bond acceptors (Lipinski definition) is 3. The summed E-state index contributed by atoms with van der Waals surface area (Å²) in [5, 5.41) is 3.22. The Hall–Kier alpha value is -1.84. The minimum absolute atomic E-state index is 0.145. The molecule has 2 aromatic rings. The van der Waals surface area contributed by atoms with E-state index in [1.54, 1.807) is 6.20 Å². The summed E-state index contributed by atoms with van der Waals surface area (Å²) in [6.07, 6.45) is 5.48. The lowest BCUT2D eigenvalue weighted by Crippen LogP contribution is -2.12. The minimum Gasteiger partial charge on any atom is -0.363 e. The average Bonchev–Trinajstić information content (AvgIpc) is 2.78. The summed E-state index contributed by atoms with van der Waals surface area (Å²) in [7, 11) is 0. The summed E-state index contributed by atoms with van der Waals surface area (Å²) in [5.74, 6) is 1.78. The van der Waals surface area contributed by atoms with Crippen LogP contribution in [0.5, 0.6) is 0 Å². The van der Waals surface area contributed by atoms with E-state index in [-0.39, 0.29) is 5.41 Å². The van der Waals surface area contributed by atoms with E-state index in [1.807, 2.05) is 18.5 Å². The van der Waals surface area contributed by atoms with Gasteiger partial charge in [0.15, 0.2) is 0 Å². The predicted octanol–water partition coefficient (Wildman–Crippen LogP) is 2.71. The highest BCUT2D eigenvalue weighted by molar-refractivity contribution is 5.37. The molecule has 0 radical (unpaired) electrons. The molecule has 2 aromatic heterocycles. The number of imidazole rings is 1. The van der Waals surface area contributed by atoms with Crippen LogP contribution in [0.3, 0.4) is 0 Å². The maximum absolute atomic E-state index is 4.39. The summed E-state index contributed by atoms with van der Waals surface area (Å²) in [6, 6.07) is 4.11. The fraction of sp³-hybridized carbons (Fsp3) is 0.385. The maximum atomic E-state index is 4.39. The van der Waals surface area contributed by atoms with Gasteiger partial charge in [-0.3, -0.25) is 0 Å². The lowest BCUT2D eigenvalue weighted by atomic mass is 9.88. The number of H-pyrrole nitrogens is 1. The number of hydrogen-bond donors (Lipinski definition) is 2. The molecule has 2 rings (SSSR count). The zero-order valence-corrected chi connectivity index (χ0v) is 10.5. The lowest BCUT2D eigenvalue weighted by molar-refractivity contribution is 0.587. The molecule has 2 heterocycles. The van der Waals surface area contributed by atoms with Crippen molar-refractivity contribution in [3.8, 4) is 0 Å². The Labute approximate surface area is 102 Å². The Morgan fingerprint density at radius 1 is 1.24 bits per heavy atom. The first-order chi connectivity index (χ1) is 8.05. The number of nitrogens with zero attached hydrogens (tertiary/aromatic N) is 2. The van der Waals surface area contributed by atoms with Crippen molar-refractivity contribution in [3.63, 3.8) is 0 Å². The molecule has 0 aliphatic carbocycles. The van der Waals surface area contributed by atoms with E-state index in [9.17, 15) is 0 Å². The molecule has 17 heavy (non-hydrogen) atoms. The van der Waals surface area contributed by atoms with Gasteiger partial charge in [0.1, 0.15) is 11.6 Å². The lowest BCUT2D eigenvalue weighted by Gasteiger charge is -2.18. The van der Waals surface area contributed by atoms with Crippen molar-refractivity contribution in [2.45, 2.75) is 32.7 Å². The van der Waals surface area contributed by atoms with Crippen molar-refractivity contribution in [1.29, 1.82) is 0 Å². The summed E-state index contributed by atoms with van der Waals surface area (Å²) < 4.78 is 0. The van der Waals surface area contributed by atoms with Crippen LogP contribution in [0.25, 0.3) is 0 Å². The van der Waals surface area contributed by atoms with E-state index in [4.69, 9.17) is 0 Å². The smallest absolute Gasteiger partial charge is 0.126 e. The van der Waals surface area contributed by atoms with Crippen LogP contribution in [0.4, 0.5) is 5.82 Å². The number of aromatic amines is 1. The molecule has 0 fully saturated rings. The molecule has 0 aliphatic rings. The van der Waals surface area contributed by atoms with Crippen molar-refractivity contribution in [2.24, 2.45) is 0 Å². The summed E-state index contributed by atoms with van der Waals surface area (Å²) >= 11 is 0. The molecule has 2 N–H and O–H groups in total. The molecule has 90 valence electrons. The molecule has 0 spiro atoms. The molecule has 4 heteroatoms. The van der Waals surface area contributed by atoms with E-state index in [0.29, 0.717) is 6.54 Å². The third-order valence-corrected chi connectivity index (χ3v) is 2.62. The molecule has 0 bridgehead atoms. The molecule has 0 aromatic carbocycles. The van der Waals surface area contributed by atoms with Crippen molar-refractivity contribution < 1.29 is 0 Å². The topological polar surface area (TPSA) is 53.6 Å². The summed E-state index contributed by atoms with van der Waals surface area (Å²) in [5.41, 5.74) is 1.38. The van der Waals surface area contributed by atoms with Gasteiger partial charge in [0, 0.05) is 18.6 Å². The van der Waals surface area contributed by atoms with Crippen molar-refractivity contribution in [3.05, 3.63) is 42.1 Å². The fourth-order valence-corrected chi connectivity index (χ4v) is 1.51. The second-order valence-corrected chi connectivity index (χ2v) is 5.07. The van der Waals surface area contributed by atoms with Crippen molar-refractivity contribution in [2.75, 3.05) is 5.32 Å². The quantitative estimate of drug-likeness (QED) is 0.852. The van der Waals surface area contributed by atoms with Gasteiger partial charge in [-0.1, -0.05) is 26.8 Å². The van der Waals surface area contributed by atoms with Gasteiger partial charge in [-0.15, -0.1) is 0 Å². The minimum atomic E-state index is 0.145. The highest BCUT2D eigenvalue weighted by atomic mass is 15.0. The third kappa shape index (κ3) is 3.06. The molecule has 0 unspecified atom stereocenters. The molecular formula is C13H18N4.